The molecule has 1 aliphatic heterocycles. The van der Waals surface area contributed by atoms with Crippen molar-refractivity contribution in [2.75, 3.05) is 13.1 Å². The van der Waals surface area contributed by atoms with Crippen molar-refractivity contribution in [1.82, 2.24) is 20.0 Å². The molecule has 0 bridgehead atoms. The van der Waals surface area contributed by atoms with Crippen LogP contribution in [0.4, 0.5) is 0 Å². The van der Waals surface area contributed by atoms with Crippen LogP contribution in [0.3, 0.4) is 0 Å². The maximum absolute atomic E-state index is 11.8. The number of hydrogen-bond donors (Lipinski definition) is 1. The minimum absolute atomic E-state index is 0.149. The summed E-state index contributed by atoms with van der Waals surface area (Å²) in [5.41, 5.74) is 2.10. The Hall–Kier alpha value is -2.96. The van der Waals surface area contributed by atoms with Gasteiger partial charge in [0.25, 0.3) is 0 Å². The van der Waals surface area contributed by atoms with Gasteiger partial charge in [0.1, 0.15) is 0 Å². The summed E-state index contributed by atoms with van der Waals surface area (Å²) < 4.78 is 1.78. The van der Waals surface area contributed by atoms with Crippen LogP contribution in [0.15, 0.2) is 42.7 Å². The van der Waals surface area contributed by atoms with Crippen LogP contribution < -0.4 is 5.32 Å². The molecule has 0 saturated carbocycles. The highest BCUT2D eigenvalue weighted by Gasteiger charge is 2.28. The first-order valence-electron chi connectivity index (χ1n) is 8.32. The van der Waals surface area contributed by atoms with Gasteiger partial charge >= 0.3 is 0 Å². The number of likely N-dealkylation sites (tertiary alicyclic amines) is 1. The monoisotopic (exact) mass is 340 g/mol. The minimum Gasteiger partial charge on any atom is -0.356 e. The number of rotatable bonds is 7. The first kappa shape index (κ1) is 16.9. The molecule has 0 atom stereocenters. The van der Waals surface area contributed by atoms with Gasteiger partial charge in [0.05, 0.1) is 5.69 Å². The van der Waals surface area contributed by atoms with Gasteiger partial charge < -0.3 is 5.32 Å². The zero-order chi connectivity index (χ0) is 17.6. The number of hydrogen-bond acceptors (Lipinski definition) is 4. The Labute approximate surface area is 145 Å². The van der Waals surface area contributed by atoms with Crippen LogP contribution in [-0.4, -0.2) is 45.5 Å². The molecule has 2 aromatic rings. The molecule has 1 aliphatic rings. The zero-order valence-corrected chi connectivity index (χ0v) is 13.9. The van der Waals surface area contributed by atoms with E-state index in [0.717, 1.165) is 11.3 Å². The molecule has 0 spiro atoms. The van der Waals surface area contributed by atoms with E-state index in [1.165, 1.54) is 4.90 Å². The highest BCUT2D eigenvalue weighted by molar-refractivity contribution is 6.02. The summed E-state index contributed by atoms with van der Waals surface area (Å²) in [6, 6.07) is 9.84. The molecule has 1 aromatic heterocycles. The van der Waals surface area contributed by atoms with E-state index in [1.54, 1.807) is 10.9 Å². The first-order valence-corrected chi connectivity index (χ1v) is 8.32. The third kappa shape index (κ3) is 4.32. The molecule has 7 heteroatoms. The van der Waals surface area contributed by atoms with Crippen LogP contribution in [-0.2, 0) is 20.8 Å². The smallest absolute Gasteiger partial charge is 0.229 e. The molecule has 1 aromatic carbocycles. The SMILES string of the molecule is O=C(CCN1C(=O)CCC1=O)NCCc1ccc(-n2cccn2)cc1. The predicted molar refractivity (Wildman–Crippen MR) is 90.8 cm³/mol. The summed E-state index contributed by atoms with van der Waals surface area (Å²) in [5.74, 6) is -0.522. The maximum atomic E-state index is 11.8. The van der Waals surface area contributed by atoms with Crippen LogP contribution in [0.25, 0.3) is 5.69 Å². The fourth-order valence-electron chi connectivity index (χ4n) is 2.76. The van der Waals surface area contributed by atoms with E-state index in [9.17, 15) is 14.4 Å². The van der Waals surface area contributed by atoms with E-state index in [4.69, 9.17) is 0 Å². The van der Waals surface area contributed by atoms with Crippen molar-refractivity contribution >= 4 is 17.7 Å². The maximum Gasteiger partial charge on any atom is 0.229 e. The Morgan fingerprint density at radius 3 is 2.48 bits per heavy atom. The second kappa shape index (κ2) is 7.74. The number of aromatic nitrogens is 2. The quantitative estimate of drug-likeness (QED) is 0.764. The molecular formula is C18H20N4O3. The molecule has 25 heavy (non-hydrogen) atoms. The molecule has 1 saturated heterocycles. The summed E-state index contributed by atoms with van der Waals surface area (Å²) in [7, 11) is 0. The number of carbonyl (C=O) groups excluding carboxylic acids is 3. The van der Waals surface area contributed by atoms with E-state index < -0.39 is 0 Å². The molecule has 2 heterocycles. The van der Waals surface area contributed by atoms with Crippen molar-refractivity contribution in [2.24, 2.45) is 0 Å². The largest absolute Gasteiger partial charge is 0.356 e. The van der Waals surface area contributed by atoms with E-state index in [0.29, 0.717) is 13.0 Å². The average molecular weight is 340 g/mol. The Kier molecular flexibility index (Phi) is 5.23. The van der Waals surface area contributed by atoms with Gasteiger partial charge in [-0.15, -0.1) is 0 Å². The molecule has 0 aliphatic carbocycles. The van der Waals surface area contributed by atoms with Gasteiger partial charge in [0.15, 0.2) is 0 Å². The summed E-state index contributed by atoms with van der Waals surface area (Å²) in [6.07, 6.45) is 4.99. The van der Waals surface area contributed by atoms with Gasteiger partial charge in [-0.25, -0.2) is 4.68 Å². The normalized spacial score (nSPS) is 14.2. The lowest BCUT2D eigenvalue weighted by molar-refractivity contribution is -0.138. The number of benzene rings is 1. The van der Waals surface area contributed by atoms with Crippen molar-refractivity contribution in [3.05, 3.63) is 48.3 Å². The number of nitrogens with zero attached hydrogens (tertiary/aromatic N) is 3. The molecule has 0 unspecified atom stereocenters. The van der Waals surface area contributed by atoms with E-state index in [2.05, 4.69) is 10.4 Å². The van der Waals surface area contributed by atoms with Gasteiger partial charge in [-0.05, 0) is 30.2 Å². The van der Waals surface area contributed by atoms with Crippen LogP contribution in [0.2, 0.25) is 0 Å². The lowest BCUT2D eigenvalue weighted by Gasteiger charge is -2.13. The Morgan fingerprint density at radius 1 is 1.12 bits per heavy atom. The van der Waals surface area contributed by atoms with E-state index >= 15 is 0 Å². The molecule has 1 fully saturated rings. The molecule has 7 nitrogen and oxygen atoms in total. The van der Waals surface area contributed by atoms with Gasteiger partial charge in [-0.2, -0.15) is 5.10 Å². The Balaban J connectivity index is 1.39. The fraction of sp³-hybridized carbons (Fsp3) is 0.333. The number of imide groups is 1. The van der Waals surface area contributed by atoms with Crippen LogP contribution in [0, 0.1) is 0 Å². The standard InChI is InChI=1S/C18H20N4O3/c23-16(9-13-21-17(24)6-7-18(21)25)19-11-8-14-2-4-15(5-3-14)22-12-1-10-20-22/h1-5,10,12H,6-9,11,13H2,(H,19,23). The minimum atomic E-state index is -0.185. The molecular weight excluding hydrogens is 320 g/mol. The highest BCUT2D eigenvalue weighted by Crippen LogP contribution is 2.12. The topological polar surface area (TPSA) is 84.3 Å². The van der Waals surface area contributed by atoms with Crippen molar-refractivity contribution in [1.29, 1.82) is 0 Å². The first-order chi connectivity index (χ1) is 12.1. The highest BCUT2D eigenvalue weighted by atomic mass is 16.2. The second-order valence-corrected chi connectivity index (χ2v) is 5.91. The molecule has 0 radical (unpaired) electrons. The van der Waals surface area contributed by atoms with Gasteiger partial charge in [-0.3, -0.25) is 19.3 Å². The van der Waals surface area contributed by atoms with E-state index in [1.807, 2.05) is 36.5 Å². The molecule has 3 rings (SSSR count). The van der Waals surface area contributed by atoms with Crippen LogP contribution in [0.5, 0.6) is 0 Å². The van der Waals surface area contributed by atoms with Crippen LogP contribution >= 0.6 is 0 Å². The fourth-order valence-corrected chi connectivity index (χ4v) is 2.76. The van der Waals surface area contributed by atoms with Gasteiger partial charge in [0, 0.05) is 44.7 Å². The van der Waals surface area contributed by atoms with Crippen LogP contribution in [0.1, 0.15) is 24.8 Å². The predicted octanol–water partition coefficient (Wildman–Crippen LogP) is 1.07. The van der Waals surface area contributed by atoms with E-state index in [-0.39, 0.29) is 43.5 Å². The average Bonchev–Trinajstić information content (AvgIpc) is 3.25. The summed E-state index contributed by atoms with van der Waals surface area (Å²) in [5, 5.41) is 6.99. The van der Waals surface area contributed by atoms with Crippen molar-refractivity contribution in [2.45, 2.75) is 25.7 Å². The Morgan fingerprint density at radius 2 is 1.84 bits per heavy atom. The van der Waals surface area contributed by atoms with Crippen molar-refractivity contribution in [3.63, 3.8) is 0 Å². The summed E-state index contributed by atoms with van der Waals surface area (Å²) in [6.45, 7) is 0.684. The third-order valence-corrected chi connectivity index (χ3v) is 4.16. The number of carbonyl (C=O) groups is 3. The summed E-state index contributed by atoms with van der Waals surface area (Å²) in [4.78, 5) is 36.0. The number of amides is 3. The summed E-state index contributed by atoms with van der Waals surface area (Å²) >= 11 is 0. The lowest BCUT2D eigenvalue weighted by Crippen LogP contribution is -2.34. The second-order valence-electron chi connectivity index (χ2n) is 5.91. The molecule has 130 valence electrons. The lowest BCUT2D eigenvalue weighted by atomic mass is 10.1. The number of nitrogens with one attached hydrogen (secondary N) is 1. The molecule has 3 amide bonds. The third-order valence-electron chi connectivity index (χ3n) is 4.16. The molecule has 1 N–H and O–H groups in total. The van der Waals surface area contributed by atoms with Crippen molar-refractivity contribution in [3.8, 4) is 5.69 Å². The Bertz CT molecular complexity index is 737. The van der Waals surface area contributed by atoms with Gasteiger partial charge in [0.2, 0.25) is 17.7 Å². The zero-order valence-electron chi connectivity index (χ0n) is 13.9. The van der Waals surface area contributed by atoms with Crippen molar-refractivity contribution < 1.29 is 14.4 Å². The van der Waals surface area contributed by atoms with Gasteiger partial charge in [-0.1, -0.05) is 12.1 Å².